The van der Waals surface area contributed by atoms with Gasteiger partial charge in [-0.25, -0.2) is 4.39 Å². The van der Waals surface area contributed by atoms with Crippen LogP contribution < -0.4 is 15.4 Å². The minimum absolute atomic E-state index is 0.0381. The van der Waals surface area contributed by atoms with E-state index in [0.29, 0.717) is 17.0 Å². The largest absolute Gasteiger partial charge is 0.482 e. The van der Waals surface area contributed by atoms with E-state index < -0.39 is 6.04 Å². The molecule has 7 heteroatoms. The molecule has 0 fully saturated rings. The lowest BCUT2D eigenvalue weighted by atomic mass is 10.0. The molecule has 3 aromatic rings. The monoisotopic (exact) mass is 382 g/mol. The van der Waals surface area contributed by atoms with Crippen molar-refractivity contribution in [3.05, 3.63) is 81.8 Å². The SMILES string of the molecule is O=C1COc2ccc(C(=O)NC(c3ccc(F)cc3)c3cccs3)cc2N1. The highest BCUT2D eigenvalue weighted by atomic mass is 32.1. The van der Waals surface area contributed by atoms with Crippen LogP contribution in [0, 0.1) is 5.82 Å². The summed E-state index contributed by atoms with van der Waals surface area (Å²) in [5.41, 5.74) is 1.64. The van der Waals surface area contributed by atoms with E-state index in [4.69, 9.17) is 4.74 Å². The highest BCUT2D eigenvalue weighted by molar-refractivity contribution is 7.10. The van der Waals surface area contributed by atoms with E-state index in [1.165, 1.54) is 23.5 Å². The normalized spacial score (nSPS) is 13.9. The maximum absolute atomic E-state index is 13.3. The highest BCUT2D eigenvalue weighted by Crippen LogP contribution is 2.30. The van der Waals surface area contributed by atoms with Crippen LogP contribution in [0.3, 0.4) is 0 Å². The number of halogens is 1. The number of hydrogen-bond donors (Lipinski definition) is 2. The predicted molar refractivity (Wildman–Crippen MR) is 101 cm³/mol. The van der Waals surface area contributed by atoms with Crippen molar-refractivity contribution in [2.24, 2.45) is 0 Å². The van der Waals surface area contributed by atoms with Gasteiger partial charge in [0.2, 0.25) is 0 Å². The Morgan fingerprint density at radius 3 is 2.74 bits per heavy atom. The fourth-order valence-electron chi connectivity index (χ4n) is 2.87. The van der Waals surface area contributed by atoms with Gasteiger partial charge in [-0.1, -0.05) is 18.2 Å². The molecule has 27 heavy (non-hydrogen) atoms. The van der Waals surface area contributed by atoms with Crippen LogP contribution in [0.15, 0.2) is 60.0 Å². The maximum Gasteiger partial charge on any atom is 0.262 e. The van der Waals surface area contributed by atoms with Gasteiger partial charge >= 0.3 is 0 Å². The summed E-state index contributed by atoms with van der Waals surface area (Å²) in [6.07, 6.45) is 0. The molecule has 2 N–H and O–H groups in total. The molecule has 136 valence electrons. The third-order valence-corrected chi connectivity index (χ3v) is 5.12. The maximum atomic E-state index is 13.3. The summed E-state index contributed by atoms with van der Waals surface area (Å²) in [4.78, 5) is 25.2. The van der Waals surface area contributed by atoms with Crippen LogP contribution in [-0.2, 0) is 4.79 Å². The van der Waals surface area contributed by atoms with Crippen molar-refractivity contribution in [1.29, 1.82) is 0 Å². The fourth-order valence-corrected chi connectivity index (χ4v) is 3.67. The summed E-state index contributed by atoms with van der Waals surface area (Å²) >= 11 is 1.50. The van der Waals surface area contributed by atoms with Gasteiger partial charge in [0.25, 0.3) is 11.8 Å². The number of rotatable bonds is 4. The summed E-state index contributed by atoms with van der Waals surface area (Å²) in [5.74, 6) is -0.372. The van der Waals surface area contributed by atoms with Gasteiger partial charge in [-0.15, -0.1) is 11.3 Å². The fraction of sp³-hybridized carbons (Fsp3) is 0.100. The lowest BCUT2D eigenvalue weighted by Crippen LogP contribution is -2.29. The third-order valence-electron chi connectivity index (χ3n) is 4.18. The molecule has 1 aliphatic heterocycles. The molecule has 2 heterocycles. The molecular formula is C20H15FN2O3S. The topological polar surface area (TPSA) is 67.4 Å². The van der Waals surface area contributed by atoms with Crippen molar-refractivity contribution in [2.45, 2.75) is 6.04 Å². The van der Waals surface area contributed by atoms with Crippen molar-refractivity contribution in [3.8, 4) is 5.75 Å². The van der Waals surface area contributed by atoms with E-state index in [1.54, 1.807) is 30.3 Å². The number of hydrogen-bond acceptors (Lipinski definition) is 4. The number of nitrogens with one attached hydrogen (secondary N) is 2. The second-order valence-corrected chi connectivity index (χ2v) is 7.00. The van der Waals surface area contributed by atoms with Crippen LogP contribution in [0.1, 0.15) is 26.8 Å². The summed E-state index contributed by atoms with van der Waals surface area (Å²) in [6.45, 7) is -0.0381. The molecule has 0 bridgehead atoms. The van der Waals surface area contributed by atoms with Crippen molar-refractivity contribution in [2.75, 3.05) is 11.9 Å². The van der Waals surface area contributed by atoms with Gasteiger partial charge < -0.3 is 15.4 Å². The average Bonchev–Trinajstić information content (AvgIpc) is 3.20. The Hall–Kier alpha value is -3.19. The van der Waals surface area contributed by atoms with Crippen molar-refractivity contribution < 1.29 is 18.7 Å². The van der Waals surface area contributed by atoms with Crippen LogP contribution in [0.5, 0.6) is 5.75 Å². The number of amides is 2. The molecule has 4 rings (SSSR count). The summed E-state index contributed by atoms with van der Waals surface area (Å²) < 4.78 is 18.6. The van der Waals surface area contributed by atoms with Gasteiger partial charge in [0.1, 0.15) is 11.6 Å². The van der Waals surface area contributed by atoms with E-state index in [-0.39, 0.29) is 24.2 Å². The third kappa shape index (κ3) is 3.68. The van der Waals surface area contributed by atoms with Crippen LogP contribution >= 0.6 is 11.3 Å². The lowest BCUT2D eigenvalue weighted by molar-refractivity contribution is -0.118. The molecule has 0 spiro atoms. The van der Waals surface area contributed by atoms with E-state index in [1.807, 2.05) is 17.5 Å². The van der Waals surface area contributed by atoms with E-state index >= 15 is 0 Å². The zero-order valence-electron chi connectivity index (χ0n) is 14.1. The van der Waals surface area contributed by atoms with Crippen LogP contribution in [0.4, 0.5) is 10.1 Å². The first-order valence-corrected chi connectivity index (χ1v) is 9.14. The number of ether oxygens (including phenoxy) is 1. The molecule has 5 nitrogen and oxygen atoms in total. The standard InChI is InChI=1S/C20H15FN2O3S/c21-14-6-3-12(4-7-14)19(17-2-1-9-27-17)23-20(25)13-5-8-16-15(10-13)22-18(24)11-26-16/h1-10,19H,11H2,(H,22,24)(H,23,25). The first-order valence-electron chi connectivity index (χ1n) is 8.26. The zero-order valence-corrected chi connectivity index (χ0v) is 14.9. The number of carbonyl (C=O) groups is 2. The minimum atomic E-state index is -0.403. The van der Waals surface area contributed by atoms with Crippen LogP contribution in [0.2, 0.25) is 0 Å². The van der Waals surface area contributed by atoms with Crippen molar-refractivity contribution in [3.63, 3.8) is 0 Å². The Morgan fingerprint density at radius 1 is 1.19 bits per heavy atom. The Morgan fingerprint density at radius 2 is 2.00 bits per heavy atom. The smallest absolute Gasteiger partial charge is 0.262 e. The highest BCUT2D eigenvalue weighted by Gasteiger charge is 2.21. The number of benzene rings is 2. The Balaban J connectivity index is 1.61. The van der Waals surface area contributed by atoms with E-state index in [2.05, 4.69) is 10.6 Å². The molecule has 2 amide bonds. The van der Waals surface area contributed by atoms with Crippen LogP contribution in [-0.4, -0.2) is 18.4 Å². The molecule has 1 unspecified atom stereocenters. The van der Waals surface area contributed by atoms with Crippen LogP contribution in [0.25, 0.3) is 0 Å². The molecule has 2 aromatic carbocycles. The van der Waals surface area contributed by atoms with Gasteiger partial charge in [-0.3, -0.25) is 9.59 Å². The van der Waals surface area contributed by atoms with Gasteiger partial charge in [0.15, 0.2) is 6.61 Å². The molecular weight excluding hydrogens is 367 g/mol. The van der Waals surface area contributed by atoms with E-state index in [0.717, 1.165) is 10.4 Å². The number of fused-ring (bicyclic) bond motifs is 1. The quantitative estimate of drug-likeness (QED) is 0.722. The second kappa shape index (κ2) is 7.20. The molecule has 1 atom stereocenters. The van der Waals surface area contributed by atoms with Gasteiger partial charge in [-0.2, -0.15) is 0 Å². The summed E-state index contributed by atoms with van der Waals surface area (Å²) in [5, 5.41) is 7.60. The molecule has 1 aliphatic rings. The van der Waals surface area contributed by atoms with Gasteiger partial charge in [-0.05, 0) is 47.3 Å². The molecule has 1 aromatic heterocycles. The first-order chi connectivity index (χ1) is 13.1. The molecule has 0 saturated heterocycles. The van der Waals surface area contributed by atoms with Gasteiger partial charge in [0, 0.05) is 10.4 Å². The molecule has 0 aliphatic carbocycles. The number of carbonyl (C=O) groups excluding carboxylic acids is 2. The minimum Gasteiger partial charge on any atom is -0.482 e. The number of thiophene rings is 1. The van der Waals surface area contributed by atoms with Crippen molar-refractivity contribution >= 4 is 28.8 Å². The lowest BCUT2D eigenvalue weighted by Gasteiger charge is -2.20. The Kier molecular flexibility index (Phi) is 4.60. The van der Waals surface area contributed by atoms with Gasteiger partial charge in [0.05, 0.1) is 11.7 Å². The van der Waals surface area contributed by atoms with Crippen molar-refractivity contribution in [1.82, 2.24) is 5.32 Å². The molecule has 0 saturated carbocycles. The molecule has 0 radical (unpaired) electrons. The average molecular weight is 382 g/mol. The second-order valence-electron chi connectivity index (χ2n) is 6.02. The zero-order chi connectivity index (χ0) is 18.8. The Bertz CT molecular complexity index is 987. The summed E-state index contributed by atoms with van der Waals surface area (Å²) in [6, 6.07) is 14.3. The number of anilines is 1. The first kappa shape index (κ1) is 17.2. The predicted octanol–water partition coefficient (Wildman–Crippen LogP) is 3.74. The Labute approximate surface area is 158 Å². The summed E-state index contributed by atoms with van der Waals surface area (Å²) in [7, 11) is 0. The van der Waals surface area contributed by atoms with E-state index in [9.17, 15) is 14.0 Å².